The Kier molecular flexibility index (Phi) is 6.01. The first-order chi connectivity index (χ1) is 13.1. The number of hydrogen-bond acceptors (Lipinski definition) is 4. The molecule has 1 saturated carbocycles. The van der Waals surface area contributed by atoms with Crippen LogP contribution in [0.25, 0.3) is 11.1 Å². The average molecular weight is 369 g/mol. The minimum atomic E-state index is -0.231. The number of hydrogen-bond donors (Lipinski definition) is 1. The molecule has 27 heavy (non-hydrogen) atoms. The van der Waals surface area contributed by atoms with Crippen LogP contribution in [0.3, 0.4) is 0 Å². The summed E-state index contributed by atoms with van der Waals surface area (Å²) >= 11 is 0. The molecule has 3 rings (SSSR count). The number of nitrogens with one attached hydrogen (secondary N) is 1. The molecule has 5 nitrogen and oxygen atoms in total. The molecule has 5 heteroatoms. The van der Waals surface area contributed by atoms with Gasteiger partial charge in [0.05, 0.1) is 26.4 Å². The highest BCUT2D eigenvalue weighted by Gasteiger charge is 2.35. The van der Waals surface area contributed by atoms with E-state index >= 15 is 0 Å². The smallest absolute Gasteiger partial charge is 0.251 e. The second-order valence-electron chi connectivity index (χ2n) is 7.05. The van der Waals surface area contributed by atoms with E-state index in [0.717, 1.165) is 48.3 Å². The van der Waals surface area contributed by atoms with Crippen LogP contribution in [0.5, 0.6) is 11.5 Å². The predicted molar refractivity (Wildman–Crippen MR) is 106 cm³/mol. The van der Waals surface area contributed by atoms with E-state index in [-0.39, 0.29) is 11.4 Å². The molecular formula is C22H27NO4. The lowest BCUT2D eigenvalue weighted by molar-refractivity contribution is 0.0767. The molecule has 1 amide bonds. The Bertz CT molecular complexity index is 757. The Labute approximate surface area is 160 Å². The van der Waals surface area contributed by atoms with Crippen LogP contribution in [0.1, 0.15) is 36.0 Å². The zero-order valence-electron chi connectivity index (χ0n) is 16.2. The van der Waals surface area contributed by atoms with E-state index in [4.69, 9.17) is 14.2 Å². The fourth-order valence-electron chi connectivity index (χ4n) is 3.73. The van der Waals surface area contributed by atoms with Crippen molar-refractivity contribution in [3.05, 3.63) is 48.0 Å². The summed E-state index contributed by atoms with van der Waals surface area (Å²) in [6.45, 7) is 0.556. The third-order valence-electron chi connectivity index (χ3n) is 5.19. The van der Waals surface area contributed by atoms with Crippen LogP contribution in [-0.2, 0) is 4.74 Å². The van der Waals surface area contributed by atoms with Gasteiger partial charge in [-0.15, -0.1) is 0 Å². The minimum Gasteiger partial charge on any atom is -0.497 e. The Morgan fingerprint density at radius 3 is 2.04 bits per heavy atom. The van der Waals surface area contributed by atoms with Crippen molar-refractivity contribution >= 4 is 5.91 Å². The minimum absolute atomic E-state index is 0.0521. The fourth-order valence-corrected chi connectivity index (χ4v) is 3.73. The first kappa shape index (κ1) is 19.2. The highest BCUT2D eigenvalue weighted by atomic mass is 16.5. The molecule has 1 fully saturated rings. The van der Waals surface area contributed by atoms with Gasteiger partial charge in [-0.05, 0) is 48.2 Å². The fraction of sp³-hybridized carbons (Fsp3) is 0.409. The molecule has 0 heterocycles. The summed E-state index contributed by atoms with van der Waals surface area (Å²) in [4.78, 5) is 12.7. The molecule has 0 unspecified atom stereocenters. The summed E-state index contributed by atoms with van der Waals surface area (Å²) in [5.74, 6) is 1.41. The van der Waals surface area contributed by atoms with Crippen LogP contribution in [0, 0.1) is 0 Å². The molecule has 0 aliphatic heterocycles. The van der Waals surface area contributed by atoms with Gasteiger partial charge in [-0.2, -0.15) is 0 Å². The summed E-state index contributed by atoms with van der Waals surface area (Å²) in [7, 11) is 4.94. The van der Waals surface area contributed by atoms with E-state index in [0.29, 0.717) is 12.2 Å². The van der Waals surface area contributed by atoms with Gasteiger partial charge in [-0.1, -0.05) is 25.0 Å². The lowest BCUT2D eigenvalue weighted by Gasteiger charge is -2.29. The molecule has 1 N–H and O–H groups in total. The van der Waals surface area contributed by atoms with E-state index in [2.05, 4.69) is 5.32 Å². The monoisotopic (exact) mass is 369 g/mol. The predicted octanol–water partition coefficient (Wildman–Crippen LogP) is 4.06. The Balaban J connectivity index is 1.78. The Hall–Kier alpha value is -2.53. The third-order valence-corrected chi connectivity index (χ3v) is 5.19. The molecule has 1 aliphatic carbocycles. The van der Waals surface area contributed by atoms with Gasteiger partial charge in [0.15, 0.2) is 0 Å². The van der Waals surface area contributed by atoms with Crippen LogP contribution in [0.2, 0.25) is 0 Å². The van der Waals surface area contributed by atoms with Gasteiger partial charge >= 0.3 is 0 Å². The highest BCUT2D eigenvalue weighted by molar-refractivity contribution is 5.95. The van der Waals surface area contributed by atoms with Gasteiger partial charge in [0.25, 0.3) is 5.91 Å². The summed E-state index contributed by atoms with van der Waals surface area (Å²) in [5, 5.41) is 3.20. The number of ether oxygens (including phenoxy) is 3. The first-order valence-electron chi connectivity index (χ1n) is 9.24. The maximum absolute atomic E-state index is 12.7. The molecule has 0 spiro atoms. The van der Waals surface area contributed by atoms with Crippen molar-refractivity contribution in [2.24, 2.45) is 0 Å². The SMILES string of the molecule is COCC1(NC(=O)c2ccc(-c3cc(OC)cc(OC)c3)cc2)CCCC1. The van der Waals surface area contributed by atoms with E-state index in [1.165, 1.54) is 0 Å². The van der Waals surface area contributed by atoms with E-state index < -0.39 is 0 Å². The van der Waals surface area contributed by atoms with Crippen molar-refractivity contribution in [1.82, 2.24) is 5.32 Å². The third kappa shape index (κ3) is 4.42. The lowest BCUT2D eigenvalue weighted by Crippen LogP contribution is -2.49. The number of carbonyl (C=O) groups excluding carboxylic acids is 1. The first-order valence-corrected chi connectivity index (χ1v) is 9.24. The van der Waals surface area contributed by atoms with Crippen molar-refractivity contribution in [2.45, 2.75) is 31.2 Å². The summed E-state index contributed by atoms with van der Waals surface area (Å²) in [6, 6.07) is 13.3. The lowest BCUT2D eigenvalue weighted by atomic mass is 9.97. The molecule has 0 radical (unpaired) electrons. The van der Waals surface area contributed by atoms with Gasteiger partial charge in [-0.25, -0.2) is 0 Å². The summed E-state index contributed by atoms with van der Waals surface area (Å²) < 4.78 is 16.0. The Morgan fingerprint density at radius 1 is 0.926 bits per heavy atom. The van der Waals surface area contributed by atoms with E-state index in [9.17, 15) is 4.79 Å². The van der Waals surface area contributed by atoms with Gasteiger partial charge in [0, 0.05) is 18.7 Å². The van der Waals surface area contributed by atoms with Crippen molar-refractivity contribution < 1.29 is 19.0 Å². The second kappa shape index (κ2) is 8.44. The molecule has 0 aromatic heterocycles. The van der Waals surface area contributed by atoms with Gasteiger partial charge < -0.3 is 19.5 Å². The number of amides is 1. The van der Waals surface area contributed by atoms with Crippen LogP contribution < -0.4 is 14.8 Å². The highest BCUT2D eigenvalue weighted by Crippen LogP contribution is 2.31. The van der Waals surface area contributed by atoms with Gasteiger partial charge in [0.1, 0.15) is 11.5 Å². The van der Waals surface area contributed by atoms with Crippen molar-refractivity contribution in [2.75, 3.05) is 27.9 Å². The quantitative estimate of drug-likeness (QED) is 0.800. The van der Waals surface area contributed by atoms with Gasteiger partial charge in [0.2, 0.25) is 0 Å². The standard InChI is InChI=1S/C22H27NO4/c1-25-15-22(10-4-5-11-22)23-21(24)17-8-6-16(7-9-17)18-12-19(26-2)14-20(13-18)27-3/h6-9,12-14H,4-5,10-11,15H2,1-3H3,(H,23,24). The molecule has 144 valence electrons. The van der Waals surface area contributed by atoms with Crippen LogP contribution in [-0.4, -0.2) is 39.4 Å². The van der Waals surface area contributed by atoms with E-state index in [1.807, 2.05) is 42.5 Å². The maximum atomic E-state index is 12.7. The summed E-state index contributed by atoms with van der Waals surface area (Å²) in [6.07, 6.45) is 4.18. The molecule has 1 aliphatic rings. The number of carbonyl (C=O) groups is 1. The zero-order valence-corrected chi connectivity index (χ0v) is 16.2. The van der Waals surface area contributed by atoms with E-state index in [1.54, 1.807) is 21.3 Å². The zero-order chi connectivity index (χ0) is 19.3. The topological polar surface area (TPSA) is 56.8 Å². The molecule has 2 aromatic rings. The van der Waals surface area contributed by atoms with Crippen LogP contribution >= 0.6 is 0 Å². The molecule has 2 aromatic carbocycles. The van der Waals surface area contributed by atoms with Crippen molar-refractivity contribution in [3.63, 3.8) is 0 Å². The van der Waals surface area contributed by atoms with Crippen molar-refractivity contribution in [3.8, 4) is 22.6 Å². The van der Waals surface area contributed by atoms with Crippen LogP contribution in [0.15, 0.2) is 42.5 Å². The normalized spacial score (nSPS) is 15.4. The number of rotatable bonds is 7. The average Bonchev–Trinajstić information content (AvgIpc) is 3.16. The molecule has 0 atom stereocenters. The number of methoxy groups -OCH3 is 3. The van der Waals surface area contributed by atoms with Crippen molar-refractivity contribution in [1.29, 1.82) is 0 Å². The largest absolute Gasteiger partial charge is 0.497 e. The number of benzene rings is 2. The van der Waals surface area contributed by atoms with Gasteiger partial charge in [-0.3, -0.25) is 4.79 Å². The second-order valence-corrected chi connectivity index (χ2v) is 7.05. The Morgan fingerprint density at radius 2 is 1.52 bits per heavy atom. The summed E-state index contributed by atoms with van der Waals surface area (Å²) in [5.41, 5.74) is 2.39. The maximum Gasteiger partial charge on any atom is 0.251 e. The molecule has 0 bridgehead atoms. The molecular weight excluding hydrogens is 342 g/mol. The van der Waals surface area contributed by atoms with Crippen LogP contribution in [0.4, 0.5) is 0 Å². The molecule has 0 saturated heterocycles.